The second-order valence-electron chi connectivity index (χ2n) is 3.94. The number of rotatable bonds is 6. The number of methoxy groups -OCH3 is 1. The highest BCUT2D eigenvalue weighted by atomic mass is 16.5. The minimum atomic E-state index is 0.205. The minimum Gasteiger partial charge on any atom is -0.382 e. The Morgan fingerprint density at radius 2 is 2.25 bits per heavy atom. The lowest BCUT2D eigenvalue weighted by atomic mass is 10.2. The lowest BCUT2D eigenvalue weighted by Gasteiger charge is -2.15. The Bertz CT molecular complexity index is 328. The van der Waals surface area contributed by atoms with Crippen molar-refractivity contribution in [1.29, 1.82) is 0 Å². The zero-order valence-electron chi connectivity index (χ0n) is 10.5. The molecule has 0 spiro atoms. The quantitative estimate of drug-likeness (QED) is 0.768. The normalized spacial score (nSPS) is 12.5. The molecular formula is C12H21N3O. The fraction of sp³-hybridized carbons (Fsp3) is 0.583. The van der Waals surface area contributed by atoms with Gasteiger partial charge in [-0.15, -0.1) is 0 Å². The summed E-state index contributed by atoms with van der Waals surface area (Å²) in [5, 5.41) is 6.52. The number of hydrogen-bond donors (Lipinski definition) is 2. The number of aromatic nitrogens is 1. The molecule has 0 aromatic carbocycles. The van der Waals surface area contributed by atoms with Crippen LogP contribution in [0.2, 0.25) is 0 Å². The first-order valence-electron chi connectivity index (χ1n) is 5.54. The van der Waals surface area contributed by atoms with E-state index in [1.807, 2.05) is 27.1 Å². The van der Waals surface area contributed by atoms with Gasteiger partial charge < -0.3 is 15.4 Å². The van der Waals surface area contributed by atoms with Crippen LogP contribution in [0, 0.1) is 6.92 Å². The molecule has 0 saturated heterocycles. The number of nitrogens with zero attached hydrogens (tertiary/aromatic N) is 1. The monoisotopic (exact) mass is 223 g/mol. The molecule has 0 bridgehead atoms. The minimum absolute atomic E-state index is 0.205. The maximum atomic E-state index is 5.21. The lowest BCUT2D eigenvalue weighted by molar-refractivity contribution is 0.129. The van der Waals surface area contributed by atoms with Crippen LogP contribution in [-0.2, 0) is 11.3 Å². The fourth-order valence-electron chi connectivity index (χ4n) is 1.42. The van der Waals surface area contributed by atoms with Crippen LogP contribution >= 0.6 is 0 Å². The van der Waals surface area contributed by atoms with E-state index < -0.39 is 0 Å². The van der Waals surface area contributed by atoms with Crippen molar-refractivity contribution in [2.45, 2.75) is 26.5 Å². The molecule has 1 aromatic heterocycles. The molecule has 90 valence electrons. The molecule has 4 nitrogen and oxygen atoms in total. The Hall–Kier alpha value is -1.13. The first-order valence-corrected chi connectivity index (χ1v) is 5.54. The van der Waals surface area contributed by atoms with E-state index in [-0.39, 0.29) is 6.10 Å². The number of hydrogen-bond acceptors (Lipinski definition) is 4. The molecule has 16 heavy (non-hydrogen) atoms. The van der Waals surface area contributed by atoms with Crippen molar-refractivity contribution in [3.05, 3.63) is 23.5 Å². The Balaban J connectivity index is 2.71. The molecule has 0 saturated carbocycles. The van der Waals surface area contributed by atoms with E-state index in [4.69, 9.17) is 4.74 Å². The van der Waals surface area contributed by atoms with Gasteiger partial charge in [0, 0.05) is 43.3 Å². The molecule has 1 rings (SSSR count). The number of anilines is 1. The van der Waals surface area contributed by atoms with Gasteiger partial charge in [0.25, 0.3) is 0 Å². The maximum Gasteiger partial charge on any atom is 0.0715 e. The predicted molar refractivity (Wildman–Crippen MR) is 66.7 cm³/mol. The third kappa shape index (κ3) is 3.79. The van der Waals surface area contributed by atoms with Crippen LogP contribution in [0.1, 0.15) is 18.2 Å². The summed E-state index contributed by atoms with van der Waals surface area (Å²) in [5.41, 5.74) is 3.33. The van der Waals surface area contributed by atoms with E-state index in [0.29, 0.717) is 0 Å². The molecule has 0 aliphatic heterocycles. The zero-order valence-corrected chi connectivity index (χ0v) is 10.5. The SMILES string of the molecule is CNCc1cnc(C)cc1NCC(C)OC. The highest BCUT2D eigenvalue weighted by Crippen LogP contribution is 2.15. The summed E-state index contributed by atoms with van der Waals surface area (Å²) < 4.78 is 5.21. The number of pyridine rings is 1. The summed E-state index contributed by atoms with van der Waals surface area (Å²) in [6.45, 7) is 5.65. The Morgan fingerprint density at radius 1 is 1.50 bits per heavy atom. The van der Waals surface area contributed by atoms with Gasteiger partial charge in [0.1, 0.15) is 0 Å². The first-order chi connectivity index (χ1) is 7.67. The number of nitrogens with one attached hydrogen (secondary N) is 2. The molecule has 1 heterocycles. The fourth-order valence-corrected chi connectivity index (χ4v) is 1.42. The van der Waals surface area contributed by atoms with E-state index in [1.165, 1.54) is 5.56 Å². The number of aryl methyl sites for hydroxylation is 1. The summed E-state index contributed by atoms with van der Waals surface area (Å²) >= 11 is 0. The average molecular weight is 223 g/mol. The van der Waals surface area contributed by atoms with Crippen LogP contribution in [0.15, 0.2) is 12.3 Å². The van der Waals surface area contributed by atoms with Gasteiger partial charge in [-0.05, 0) is 27.0 Å². The molecule has 0 aliphatic carbocycles. The van der Waals surface area contributed by atoms with E-state index in [2.05, 4.69) is 21.7 Å². The van der Waals surface area contributed by atoms with Gasteiger partial charge >= 0.3 is 0 Å². The average Bonchev–Trinajstić information content (AvgIpc) is 2.29. The van der Waals surface area contributed by atoms with E-state index in [9.17, 15) is 0 Å². The van der Waals surface area contributed by atoms with Gasteiger partial charge in [-0.1, -0.05) is 0 Å². The highest BCUT2D eigenvalue weighted by Gasteiger charge is 2.04. The van der Waals surface area contributed by atoms with Crippen molar-refractivity contribution in [2.75, 3.05) is 26.0 Å². The summed E-state index contributed by atoms with van der Waals surface area (Å²) in [6, 6.07) is 2.06. The molecular weight excluding hydrogens is 202 g/mol. The van der Waals surface area contributed by atoms with E-state index in [0.717, 1.165) is 24.5 Å². The van der Waals surface area contributed by atoms with Gasteiger partial charge in [0.15, 0.2) is 0 Å². The molecule has 0 amide bonds. The molecule has 1 unspecified atom stereocenters. The highest BCUT2D eigenvalue weighted by molar-refractivity contribution is 5.51. The summed E-state index contributed by atoms with van der Waals surface area (Å²) in [7, 11) is 3.65. The van der Waals surface area contributed by atoms with Crippen LogP contribution in [0.25, 0.3) is 0 Å². The smallest absolute Gasteiger partial charge is 0.0715 e. The van der Waals surface area contributed by atoms with Crippen molar-refractivity contribution in [3.63, 3.8) is 0 Å². The molecule has 1 atom stereocenters. The van der Waals surface area contributed by atoms with Crippen LogP contribution in [0.5, 0.6) is 0 Å². The van der Waals surface area contributed by atoms with Crippen LogP contribution in [-0.4, -0.2) is 31.8 Å². The first kappa shape index (κ1) is 12.9. The molecule has 0 radical (unpaired) electrons. The van der Waals surface area contributed by atoms with Crippen molar-refractivity contribution >= 4 is 5.69 Å². The molecule has 0 fully saturated rings. The second kappa shape index (κ2) is 6.45. The van der Waals surface area contributed by atoms with Gasteiger partial charge in [-0.3, -0.25) is 4.98 Å². The van der Waals surface area contributed by atoms with Crippen molar-refractivity contribution in [1.82, 2.24) is 10.3 Å². The topological polar surface area (TPSA) is 46.2 Å². The van der Waals surface area contributed by atoms with E-state index >= 15 is 0 Å². The third-order valence-corrected chi connectivity index (χ3v) is 2.47. The third-order valence-electron chi connectivity index (χ3n) is 2.47. The van der Waals surface area contributed by atoms with E-state index in [1.54, 1.807) is 7.11 Å². The van der Waals surface area contributed by atoms with Crippen LogP contribution < -0.4 is 10.6 Å². The van der Waals surface area contributed by atoms with Gasteiger partial charge in [-0.25, -0.2) is 0 Å². The number of ether oxygens (including phenoxy) is 1. The Labute approximate surface area is 97.4 Å². The summed E-state index contributed by atoms with van der Waals surface area (Å²) in [5.74, 6) is 0. The second-order valence-corrected chi connectivity index (χ2v) is 3.94. The Kier molecular flexibility index (Phi) is 5.22. The standard InChI is InChI=1S/C12H21N3O/c1-9-5-12(15-6-10(2)16-4)11(7-13-3)8-14-9/h5,8,10,13H,6-7H2,1-4H3,(H,14,15). The Morgan fingerprint density at radius 3 is 2.88 bits per heavy atom. The molecule has 4 heteroatoms. The van der Waals surface area contributed by atoms with Crippen molar-refractivity contribution in [3.8, 4) is 0 Å². The van der Waals surface area contributed by atoms with Gasteiger partial charge in [0.05, 0.1) is 6.10 Å². The zero-order chi connectivity index (χ0) is 12.0. The van der Waals surface area contributed by atoms with Crippen LogP contribution in [0.3, 0.4) is 0 Å². The summed E-state index contributed by atoms with van der Waals surface area (Å²) in [6.07, 6.45) is 2.11. The van der Waals surface area contributed by atoms with Gasteiger partial charge in [0.2, 0.25) is 0 Å². The largest absolute Gasteiger partial charge is 0.382 e. The predicted octanol–water partition coefficient (Wildman–Crippen LogP) is 1.56. The summed E-state index contributed by atoms with van der Waals surface area (Å²) in [4.78, 5) is 4.29. The maximum absolute atomic E-state index is 5.21. The van der Waals surface area contributed by atoms with Crippen molar-refractivity contribution < 1.29 is 4.74 Å². The van der Waals surface area contributed by atoms with Crippen LogP contribution in [0.4, 0.5) is 5.69 Å². The van der Waals surface area contributed by atoms with Gasteiger partial charge in [-0.2, -0.15) is 0 Å². The molecule has 1 aromatic rings. The molecule has 2 N–H and O–H groups in total. The van der Waals surface area contributed by atoms with Crippen molar-refractivity contribution in [2.24, 2.45) is 0 Å². The lowest BCUT2D eigenvalue weighted by Crippen LogP contribution is -2.19. The molecule has 0 aliphatic rings.